The standard InChI is InChI=1S/C7H10N2O2/c1-2-11-6-4-3-5(10)7(8)9-6/h3-4,10H,2H2,1H3,(H2,8,9). The summed E-state index contributed by atoms with van der Waals surface area (Å²) in [7, 11) is 0. The van der Waals surface area contributed by atoms with Crippen LogP contribution in [0.1, 0.15) is 6.92 Å². The van der Waals surface area contributed by atoms with Crippen molar-refractivity contribution in [3.8, 4) is 11.6 Å². The zero-order valence-corrected chi connectivity index (χ0v) is 6.24. The number of nitrogens with two attached hydrogens (primary N) is 1. The van der Waals surface area contributed by atoms with Gasteiger partial charge in [0.25, 0.3) is 0 Å². The molecule has 0 aromatic carbocycles. The Kier molecular flexibility index (Phi) is 2.15. The topological polar surface area (TPSA) is 68.4 Å². The molecule has 0 atom stereocenters. The van der Waals surface area contributed by atoms with Gasteiger partial charge in [0.2, 0.25) is 5.88 Å². The minimum Gasteiger partial charge on any atom is -0.504 e. The van der Waals surface area contributed by atoms with Gasteiger partial charge in [-0.15, -0.1) is 0 Å². The summed E-state index contributed by atoms with van der Waals surface area (Å²) in [5, 5.41) is 8.97. The minimum absolute atomic E-state index is 0.0200. The molecule has 0 spiro atoms. The Hall–Kier alpha value is -1.45. The fourth-order valence-electron chi connectivity index (χ4n) is 0.677. The fourth-order valence-corrected chi connectivity index (χ4v) is 0.677. The number of ether oxygens (including phenoxy) is 1. The summed E-state index contributed by atoms with van der Waals surface area (Å²) >= 11 is 0. The van der Waals surface area contributed by atoms with Gasteiger partial charge in [0.05, 0.1) is 6.61 Å². The summed E-state index contributed by atoms with van der Waals surface area (Å²) in [4.78, 5) is 3.77. The van der Waals surface area contributed by atoms with Crippen molar-refractivity contribution >= 4 is 5.82 Å². The van der Waals surface area contributed by atoms with Crippen LogP contribution < -0.4 is 10.5 Å². The number of nitrogens with zero attached hydrogens (tertiary/aromatic N) is 1. The van der Waals surface area contributed by atoms with Gasteiger partial charge in [-0.3, -0.25) is 0 Å². The molecule has 0 aliphatic heterocycles. The first kappa shape index (κ1) is 7.65. The zero-order valence-electron chi connectivity index (χ0n) is 6.24. The van der Waals surface area contributed by atoms with E-state index in [0.717, 1.165) is 0 Å². The van der Waals surface area contributed by atoms with Crippen LogP contribution >= 0.6 is 0 Å². The Morgan fingerprint density at radius 2 is 2.36 bits per heavy atom. The van der Waals surface area contributed by atoms with E-state index in [4.69, 9.17) is 15.6 Å². The summed E-state index contributed by atoms with van der Waals surface area (Å²) in [5.41, 5.74) is 5.31. The first-order valence-electron chi connectivity index (χ1n) is 3.32. The monoisotopic (exact) mass is 154 g/mol. The van der Waals surface area contributed by atoms with Crippen LogP contribution in [0, 0.1) is 0 Å². The lowest BCUT2D eigenvalue weighted by atomic mass is 10.4. The van der Waals surface area contributed by atoms with E-state index >= 15 is 0 Å². The summed E-state index contributed by atoms with van der Waals surface area (Å²) in [6.45, 7) is 2.39. The van der Waals surface area contributed by atoms with Crippen LogP contribution in [-0.2, 0) is 0 Å². The molecule has 60 valence electrons. The van der Waals surface area contributed by atoms with Crippen molar-refractivity contribution < 1.29 is 9.84 Å². The molecular weight excluding hydrogens is 144 g/mol. The maximum absolute atomic E-state index is 8.97. The Labute approximate surface area is 64.6 Å². The third kappa shape index (κ3) is 1.73. The van der Waals surface area contributed by atoms with Crippen LogP contribution in [0.3, 0.4) is 0 Å². The van der Waals surface area contributed by atoms with Crippen molar-refractivity contribution in [1.29, 1.82) is 0 Å². The zero-order chi connectivity index (χ0) is 8.27. The predicted molar refractivity (Wildman–Crippen MR) is 41.5 cm³/mol. The maximum Gasteiger partial charge on any atom is 0.215 e. The third-order valence-corrected chi connectivity index (χ3v) is 1.17. The molecule has 1 aromatic heterocycles. The molecule has 0 aliphatic rings. The van der Waals surface area contributed by atoms with Crippen molar-refractivity contribution in [1.82, 2.24) is 4.98 Å². The van der Waals surface area contributed by atoms with Crippen LogP contribution in [0.5, 0.6) is 11.6 Å². The minimum atomic E-state index is -0.0200. The highest BCUT2D eigenvalue weighted by Gasteiger charge is 1.99. The number of rotatable bonds is 2. The molecule has 0 bridgehead atoms. The van der Waals surface area contributed by atoms with Crippen LogP contribution in [-0.4, -0.2) is 16.7 Å². The highest BCUT2D eigenvalue weighted by atomic mass is 16.5. The van der Waals surface area contributed by atoms with Gasteiger partial charge >= 0.3 is 0 Å². The third-order valence-electron chi connectivity index (χ3n) is 1.17. The van der Waals surface area contributed by atoms with E-state index in [-0.39, 0.29) is 11.6 Å². The molecule has 0 amide bonds. The lowest BCUT2D eigenvalue weighted by Gasteiger charge is -2.02. The second kappa shape index (κ2) is 3.09. The normalized spacial score (nSPS) is 9.55. The molecule has 0 saturated carbocycles. The number of hydrogen-bond donors (Lipinski definition) is 2. The second-order valence-electron chi connectivity index (χ2n) is 1.99. The van der Waals surface area contributed by atoms with E-state index in [1.807, 2.05) is 6.92 Å². The van der Waals surface area contributed by atoms with Gasteiger partial charge in [-0.2, -0.15) is 4.98 Å². The van der Waals surface area contributed by atoms with Gasteiger partial charge in [0.15, 0.2) is 11.6 Å². The van der Waals surface area contributed by atoms with Gasteiger partial charge in [-0.1, -0.05) is 0 Å². The van der Waals surface area contributed by atoms with E-state index in [0.29, 0.717) is 12.5 Å². The van der Waals surface area contributed by atoms with Crippen LogP contribution in [0.4, 0.5) is 5.82 Å². The van der Waals surface area contributed by atoms with Crippen LogP contribution in [0.15, 0.2) is 12.1 Å². The maximum atomic E-state index is 8.97. The average molecular weight is 154 g/mol. The van der Waals surface area contributed by atoms with E-state index in [1.165, 1.54) is 6.07 Å². The Balaban J connectivity index is 2.86. The Morgan fingerprint density at radius 1 is 1.64 bits per heavy atom. The number of aromatic nitrogens is 1. The summed E-state index contributed by atoms with van der Waals surface area (Å²) < 4.78 is 5.04. The highest BCUT2D eigenvalue weighted by molar-refractivity contribution is 5.46. The van der Waals surface area contributed by atoms with Crippen molar-refractivity contribution in [2.75, 3.05) is 12.3 Å². The van der Waals surface area contributed by atoms with E-state index in [1.54, 1.807) is 6.07 Å². The first-order valence-corrected chi connectivity index (χ1v) is 3.32. The SMILES string of the molecule is CCOc1ccc(O)c(N)n1. The smallest absolute Gasteiger partial charge is 0.215 e. The molecule has 1 heterocycles. The molecule has 1 aromatic rings. The van der Waals surface area contributed by atoms with Crippen molar-refractivity contribution in [3.63, 3.8) is 0 Å². The highest BCUT2D eigenvalue weighted by Crippen LogP contribution is 2.19. The molecule has 1 rings (SSSR count). The number of hydrogen-bond acceptors (Lipinski definition) is 4. The van der Waals surface area contributed by atoms with Crippen molar-refractivity contribution in [3.05, 3.63) is 12.1 Å². The van der Waals surface area contributed by atoms with Gasteiger partial charge in [-0.25, -0.2) is 0 Å². The van der Waals surface area contributed by atoms with Crippen molar-refractivity contribution in [2.45, 2.75) is 6.92 Å². The number of anilines is 1. The number of aromatic hydroxyl groups is 1. The molecule has 4 heteroatoms. The molecule has 0 saturated heterocycles. The molecule has 0 fully saturated rings. The van der Waals surface area contributed by atoms with Crippen molar-refractivity contribution in [2.24, 2.45) is 0 Å². The van der Waals surface area contributed by atoms with Crippen LogP contribution in [0.2, 0.25) is 0 Å². The first-order chi connectivity index (χ1) is 5.24. The Bertz CT molecular complexity index is 250. The molecule has 11 heavy (non-hydrogen) atoms. The number of pyridine rings is 1. The molecule has 0 unspecified atom stereocenters. The fraction of sp³-hybridized carbons (Fsp3) is 0.286. The molecule has 0 radical (unpaired) electrons. The van der Waals surface area contributed by atoms with Gasteiger partial charge in [0, 0.05) is 6.07 Å². The van der Waals surface area contributed by atoms with Gasteiger partial charge < -0.3 is 15.6 Å². The lowest BCUT2D eigenvalue weighted by molar-refractivity contribution is 0.326. The average Bonchev–Trinajstić information content (AvgIpc) is 1.98. The van der Waals surface area contributed by atoms with E-state index < -0.39 is 0 Å². The van der Waals surface area contributed by atoms with E-state index in [9.17, 15) is 0 Å². The summed E-state index contributed by atoms with van der Waals surface area (Å²) in [6, 6.07) is 3.02. The number of nitrogen functional groups attached to an aromatic ring is 1. The molecule has 3 N–H and O–H groups in total. The van der Waals surface area contributed by atoms with Crippen LogP contribution in [0.25, 0.3) is 0 Å². The van der Waals surface area contributed by atoms with Gasteiger partial charge in [-0.05, 0) is 13.0 Å². The quantitative estimate of drug-likeness (QED) is 0.660. The summed E-state index contributed by atoms with van der Waals surface area (Å²) in [5.74, 6) is 0.507. The molecule has 4 nitrogen and oxygen atoms in total. The van der Waals surface area contributed by atoms with E-state index in [2.05, 4.69) is 4.98 Å². The summed E-state index contributed by atoms with van der Waals surface area (Å²) in [6.07, 6.45) is 0. The lowest BCUT2D eigenvalue weighted by Crippen LogP contribution is -1.97. The van der Waals surface area contributed by atoms with Gasteiger partial charge in [0.1, 0.15) is 0 Å². The molecular formula is C7H10N2O2. The largest absolute Gasteiger partial charge is 0.504 e. The Morgan fingerprint density at radius 3 is 2.91 bits per heavy atom. The second-order valence-corrected chi connectivity index (χ2v) is 1.99. The predicted octanol–water partition coefficient (Wildman–Crippen LogP) is 0.768. The molecule has 0 aliphatic carbocycles.